The monoisotopic (exact) mass is 301 g/mol. The van der Waals surface area contributed by atoms with Crippen molar-refractivity contribution in [2.45, 2.75) is 26.3 Å². The summed E-state index contributed by atoms with van der Waals surface area (Å²) in [5.74, 6) is -1.34. The van der Waals surface area contributed by atoms with Gasteiger partial charge in [0.05, 0.1) is 13.2 Å². The van der Waals surface area contributed by atoms with Crippen LogP contribution in [0.1, 0.15) is 20.3 Å². The van der Waals surface area contributed by atoms with Crippen LogP contribution in [0.5, 0.6) is 0 Å². The molecule has 21 heavy (non-hydrogen) atoms. The summed E-state index contributed by atoms with van der Waals surface area (Å²) < 4.78 is 5.15. The van der Waals surface area contributed by atoms with Gasteiger partial charge in [0.1, 0.15) is 6.04 Å². The summed E-state index contributed by atoms with van der Waals surface area (Å²) in [6.45, 7) is 5.80. The number of nitrogens with zero attached hydrogens (tertiary/aromatic N) is 1. The number of carbonyl (C=O) groups excluding carboxylic acids is 2. The fourth-order valence-corrected chi connectivity index (χ4v) is 1.96. The molecule has 1 aliphatic rings. The van der Waals surface area contributed by atoms with E-state index in [4.69, 9.17) is 9.84 Å². The van der Waals surface area contributed by atoms with Crippen LogP contribution in [-0.4, -0.2) is 66.8 Å². The third-order valence-electron chi connectivity index (χ3n) is 3.21. The molecular formula is C13H23N3O5. The van der Waals surface area contributed by atoms with Crippen LogP contribution >= 0.6 is 0 Å². The lowest BCUT2D eigenvalue weighted by Crippen LogP contribution is -2.49. The molecule has 8 nitrogen and oxygen atoms in total. The number of hydrogen-bond acceptors (Lipinski definition) is 4. The molecule has 0 aromatic rings. The number of carbonyl (C=O) groups is 3. The number of rotatable bonds is 6. The van der Waals surface area contributed by atoms with E-state index in [0.717, 1.165) is 0 Å². The van der Waals surface area contributed by atoms with E-state index in [1.807, 2.05) is 0 Å². The first-order chi connectivity index (χ1) is 9.91. The third-order valence-corrected chi connectivity index (χ3v) is 3.21. The van der Waals surface area contributed by atoms with Crippen LogP contribution < -0.4 is 10.6 Å². The predicted molar refractivity (Wildman–Crippen MR) is 74.8 cm³/mol. The molecule has 0 radical (unpaired) electrons. The van der Waals surface area contributed by atoms with E-state index in [1.54, 1.807) is 18.7 Å². The van der Waals surface area contributed by atoms with Gasteiger partial charge in [-0.1, -0.05) is 13.8 Å². The van der Waals surface area contributed by atoms with Crippen LogP contribution in [0.4, 0.5) is 4.79 Å². The average molecular weight is 301 g/mol. The first-order valence-electron chi connectivity index (χ1n) is 7.04. The number of ether oxygens (including phenoxy) is 1. The van der Waals surface area contributed by atoms with E-state index in [0.29, 0.717) is 26.3 Å². The molecule has 1 rings (SSSR count). The zero-order valence-electron chi connectivity index (χ0n) is 12.4. The Morgan fingerprint density at radius 2 is 1.86 bits per heavy atom. The van der Waals surface area contributed by atoms with E-state index in [1.165, 1.54) is 0 Å². The van der Waals surface area contributed by atoms with Gasteiger partial charge in [-0.15, -0.1) is 0 Å². The minimum atomic E-state index is -1.08. The molecule has 8 heteroatoms. The Balaban J connectivity index is 2.26. The van der Waals surface area contributed by atoms with Gasteiger partial charge in [0.15, 0.2) is 0 Å². The maximum Gasteiger partial charge on any atom is 0.326 e. The van der Waals surface area contributed by atoms with Gasteiger partial charge in [-0.25, -0.2) is 9.59 Å². The topological polar surface area (TPSA) is 108 Å². The molecule has 0 aromatic heterocycles. The van der Waals surface area contributed by atoms with Gasteiger partial charge in [-0.05, 0) is 5.92 Å². The zero-order valence-corrected chi connectivity index (χ0v) is 12.4. The lowest BCUT2D eigenvalue weighted by molar-refractivity contribution is -0.140. The number of carboxylic acids is 1. The lowest BCUT2D eigenvalue weighted by atomic mass is 10.1. The van der Waals surface area contributed by atoms with Gasteiger partial charge >= 0.3 is 12.0 Å². The van der Waals surface area contributed by atoms with E-state index < -0.39 is 18.0 Å². The van der Waals surface area contributed by atoms with Gasteiger partial charge < -0.3 is 25.4 Å². The van der Waals surface area contributed by atoms with Crippen molar-refractivity contribution in [1.29, 1.82) is 0 Å². The van der Waals surface area contributed by atoms with Crippen molar-refractivity contribution in [2.75, 3.05) is 32.8 Å². The SMILES string of the molecule is CC(C)[C@H](NC(=O)NCCC(=O)N1CCOCC1)C(=O)O. The summed E-state index contributed by atoms with van der Waals surface area (Å²) in [7, 11) is 0. The van der Waals surface area contributed by atoms with E-state index in [-0.39, 0.29) is 24.8 Å². The lowest BCUT2D eigenvalue weighted by Gasteiger charge is -2.27. The highest BCUT2D eigenvalue weighted by Crippen LogP contribution is 2.02. The molecule has 3 N–H and O–H groups in total. The Morgan fingerprint density at radius 1 is 1.24 bits per heavy atom. The summed E-state index contributed by atoms with van der Waals surface area (Å²) in [6.07, 6.45) is 0.187. The van der Waals surface area contributed by atoms with Crippen molar-refractivity contribution in [1.82, 2.24) is 15.5 Å². The summed E-state index contributed by atoms with van der Waals surface area (Å²) in [4.78, 5) is 36.1. The quantitative estimate of drug-likeness (QED) is 0.621. The van der Waals surface area contributed by atoms with Crippen LogP contribution in [0.2, 0.25) is 0 Å². The van der Waals surface area contributed by atoms with Gasteiger partial charge in [-0.3, -0.25) is 4.79 Å². The normalized spacial score (nSPS) is 16.4. The Bertz CT molecular complexity index is 380. The minimum absolute atomic E-state index is 0.0442. The Hall–Kier alpha value is -1.83. The molecule has 3 amide bonds. The molecule has 0 aromatic carbocycles. The second-order valence-corrected chi connectivity index (χ2v) is 5.20. The van der Waals surface area contributed by atoms with Crippen molar-refractivity contribution in [3.8, 4) is 0 Å². The molecule has 1 heterocycles. The number of urea groups is 1. The molecule has 120 valence electrons. The van der Waals surface area contributed by atoms with Crippen molar-refractivity contribution in [2.24, 2.45) is 5.92 Å². The predicted octanol–water partition coefficient (Wildman–Crippen LogP) is -0.356. The maximum atomic E-state index is 11.8. The first kappa shape index (κ1) is 17.2. The van der Waals surface area contributed by atoms with Crippen LogP contribution in [0.25, 0.3) is 0 Å². The maximum absolute atomic E-state index is 11.8. The Morgan fingerprint density at radius 3 is 2.38 bits per heavy atom. The molecule has 0 spiro atoms. The largest absolute Gasteiger partial charge is 0.480 e. The highest BCUT2D eigenvalue weighted by molar-refractivity contribution is 5.83. The Kier molecular flexibility index (Phi) is 6.93. The summed E-state index contributed by atoms with van der Waals surface area (Å²) in [6, 6.07) is -1.52. The van der Waals surface area contributed by atoms with E-state index in [9.17, 15) is 14.4 Å². The van der Waals surface area contributed by atoms with E-state index >= 15 is 0 Å². The standard InChI is InChI=1S/C13H23N3O5/c1-9(2)11(12(18)19)15-13(20)14-4-3-10(17)16-5-7-21-8-6-16/h9,11H,3-8H2,1-2H3,(H,18,19)(H2,14,15,20)/t11-/m0/s1. The van der Waals surface area contributed by atoms with Gasteiger partial charge in [0, 0.05) is 26.1 Å². The average Bonchev–Trinajstić information content (AvgIpc) is 2.45. The first-order valence-corrected chi connectivity index (χ1v) is 7.04. The summed E-state index contributed by atoms with van der Waals surface area (Å²) in [5.41, 5.74) is 0. The number of hydrogen-bond donors (Lipinski definition) is 3. The van der Waals surface area contributed by atoms with Gasteiger partial charge in [0.2, 0.25) is 5.91 Å². The summed E-state index contributed by atoms with van der Waals surface area (Å²) in [5, 5.41) is 13.8. The van der Waals surface area contributed by atoms with Crippen LogP contribution in [-0.2, 0) is 14.3 Å². The molecule has 1 fully saturated rings. The molecule has 0 unspecified atom stereocenters. The fraction of sp³-hybridized carbons (Fsp3) is 0.769. The molecule has 0 saturated carbocycles. The smallest absolute Gasteiger partial charge is 0.326 e. The molecule has 0 aliphatic carbocycles. The molecular weight excluding hydrogens is 278 g/mol. The number of nitrogens with one attached hydrogen (secondary N) is 2. The van der Waals surface area contributed by atoms with Crippen molar-refractivity contribution in [3.63, 3.8) is 0 Å². The van der Waals surface area contributed by atoms with E-state index in [2.05, 4.69) is 10.6 Å². The zero-order chi connectivity index (χ0) is 15.8. The van der Waals surface area contributed by atoms with Crippen molar-refractivity contribution >= 4 is 17.9 Å². The number of morpholine rings is 1. The molecule has 0 bridgehead atoms. The van der Waals surface area contributed by atoms with Crippen LogP contribution in [0, 0.1) is 5.92 Å². The van der Waals surface area contributed by atoms with Crippen molar-refractivity contribution < 1.29 is 24.2 Å². The van der Waals surface area contributed by atoms with Crippen molar-refractivity contribution in [3.05, 3.63) is 0 Å². The molecule has 1 aliphatic heterocycles. The second kappa shape index (κ2) is 8.46. The molecule has 1 saturated heterocycles. The molecule has 1 atom stereocenters. The highest BCUT2D eigenvalue weighted by atomic mass is 16.5. The highest BCUT2D eigenvalue weighted by Gasteiger charge is 2.23. The second-order valence-electron chi connectivity index (χ2n) is 5.20. The van der Waals surface area contributed by atoms with Crippen LogP contribution in [0.3, 0.4) is 0 Å². The number of carboxylic acid groups (broad SMARTS) is 1. The van der Waals surface area contributed by atoms with Crippen LogP contribution in [0.15, 0.2) is 0 Å². The number of aliphatic carboxylic acids is 1. The van der Waals surface area contributed by atoms with Gasteiger partial charge in [-0.2, -0.15) is 0 Å². The summed E-state index contributed by atoms with van der Waals surface area (Å²) >= 11 is 0. The Labute approximate surface area is 123 Å². The third kappa shape index (κ3) is 5.99. The number of amides is 3. The minimum Gasteiger partial charge on any atom is -0.480 e. The fourth-order valence-electron chi connectivity index (χ4n) is 1.96. The van der Waals surface area contributed by atoms with Gasteiger partial charge in [0.25, 0.3) is 0 Å².